The van der Waals surface area contributed by atoms with E-state index in [1.165, 1.54) is 0 Å². The zero-order valence-corrected chi connectivity index (χ0v) is 8.46. The molecule has 13 heavy (non-hydrogen) atoms. The van der Waals surface area contributed by atoms with E-state index < -0.39 is 10.8 Å². The molecule has 1 unspecified atom stereocenters. The Labute approximate surface area is 81.7 Å². The fourth-order valence-corrected chi connectivity index (χ4v) is 1.28. The number of rotatable bonds is 5. The Kier molecular flexibility index (Phi) is 8.17. The maximum Gasteiger partial charge on any atom is 0.0631 e. The van der Waals surface area contributed by atoms with Gasteiger partial charge in [0.05, 0.1) is 6.07 Å². The summed E-state index contributed by atoms with van der Waals surface area (Å²) in [5, 5.41) is 9.82. The van der Waals surface area contributed by atoms with Crippen molar-refractivity contribution < 1.29 is 4.21 Å². The van der Waals surface area contributed by atoms with Gasteiger partial charge in [-0.15, -0.1) is 0 Å². The van der Waals surface area contributed by atoms with E-state index in [2.05, 4.69) is 0 Å². The van der Waals surface area contributed by atoms with Gasteiger partial charge in [-0.1, -0.05) is 30.4 Å². The first-order valence-corrected chi connectivity index (χ1v) is 5.39. The Balaban J connectivity index is 3.72. The zero-order valence-electron chi connectivity index (χ0n) is 7.64. The SMILES string of the molecule is C\C=C/C=C\C=C\S(=O)CCC#N. The van der Waals surface area contributed by atoms with Crippen molar-refractivity contribution in [1.29, 1.82) is 5.26 Å². The lowest BCUT2D eigenvalue weighted by atomic mass is 10.4. The summed E-state index contributed by atoms with van der Waals surface area (Å²) in [4.78, 5) is 0. The smallest absolute Gasteiger partial charge is 0.0631 e. The van der Waals surface area contributed by atoms with Gasteiger partial charge in [0.15, 0.2) is 0 Å². The third-order valence-corrected chi connectivity index (χ3v) is 2.24. The van der Waals surface area contributed by atoms with E-state index in [9.17, 15) is 4.21 Å². The van der Waals surface area contributed by atoms with Gasteiger partial charge in [0.25, 0.3) is 0 Å². The van der Waals surface area contributed by atoms with Crippen molar-refractivity contribution in [3.8, 4) is 6.07 Å². The molecule has 2 nitrogen and oxygen atoms in total. The predicted molar refractivity (Wildman–Crippen MR) is 56.3 cm³/mol. The molecular weight excluding hydrogens is 182 g/mol. The molecule has 0 aromatic rings. The van der Waals surface area contributed by atoms with Gasteiger partial charge in [-0.05, 0) is 6.92 Å². The van der Waals surface area contributed by atoms with Crippen LogP contribution >= 0.6 is 0 Å². The van der Waals surface area contributed by atoms with Crippen molar-refractivity contribution in [3.05, 3.63) is 35.8 Å². The normalized spacial score (nSPS) is 14.2. The van der Waals surface area contributed by atoms with E-state index in [4.69, 9.17) is 5.26 Å². The lowest BCUT2D eigenvalue weighted by Gasteiger charge is -1.86. The second kappa shape index (κ2) is 8.95. The van der Waals surface area contributed by atoms with Crippen LogP contribution in [0.1, 0.15) is 13.3 Å². The fourth-order valence-electron chi connectivity index (χ4n) is 0.587. The molecule has 0 heterocycles. The lowest BCUT2D eigenvalue weighted by molar-refractivity contribution is 0.688. The Morgan fingerprint density at radius 2 is 2.00 bits per heavy atom. The van der Waals surface area contributed by atoms with Crippen molar-refractivity contribution in [2.45, 2.75) is 13.3 Å². The Morgan fingerprint density at radius 3 is 2.62 bits per heavy atom. The minimum absolute atomic E-state index is 0.343. The molecule has 70 valence electrons. The summed E-state index contributed by atoms with van der Waals surface area (Å²) in [6, 6.07) is 1.95. The molecule has 0 aliphatic carbocycles. The molecule has 0 bridgehead atoms. The minimum Gasteiger partial charge on any atom is -0.255 e. The molecule has 0 fully saturated rings. The summed E-state index contributed by atoms with van der Waals surface area (Å²) in [5.41, 5.74) is 0. The molecule has 3 heteroatoms. The van der Waals surface area contributed by atoms with E-state index in [1.54, 1.807) is 11.5 Å². The maximum atomic E-state index is 11.1. The van der Waals surface area contributed by atoms with Crippen LogP contribution in [0, 0.1) is 11.3 Å². The summed E-state index contributed by atoms with van der Waals surface area (Å²) in [6.07, 6.45) is 9.55. The first kappa shape index (κ1) is 11.9. The summed E-state index contributed by atoms with van der Waals surface area (Å²) in [7, 11) is -1.00. The highest BCUT2D eigenvalue weighted by atomic mass is 32.2. The standard InChI is InChI=1S/C10H13NOS/c1-2-3-4-5-6-9-13(12)10-7-8-11/h2-6,9H,7,10H2,1H3/b3-2-,5-4-,9-6+. The highest BCUT2D eigenvalue weighted by Crippen LogP contribution is 1.89. The van der Waals surface area contributed by atoms with Gasteiger partial charge in [0.2, 0.25) is 0 Å². The zero-order chi connectivity index (χ0) is 9.94. The average molecular weight is 195 g/mol. The first-order valence-electron chi connectivity index (χ1n) is 4.01. The summed E-state index contributed by atoms with van der Waals surface area (Å²) < 4.78 is 11.1. The second-order valence-electron chi connectivity index (χ2n) is 2.23. The van der Waals surface area contributed by atoms with Crippen LogP contribution in [0.4, 0.5) is 0 Å². The molecule has 0 aliphatic rings. The molecule has 0 aliphatic heterocycles. The van der Waals surface area contributed by atoms with Crippen LogP contribution < -0.4 is 0 Å². The maximum absolute atomic E-state index is 11.1. The Hall–Kier alpha value is -1.14. The summed E-state index contributed by atoms with van der Waals surface area (Å²) >= 11 is 0. The number of hydrogen-bond acceptors (Lipinski definition) is 2. The average Bonchev–Trinajstić information content (AvgIpc) is 2.14. The van der Waals surface area contributed by atoms with Crippen LogP contribution in [-0.4, -0.2) is 9.96 Å². The molecule has 0 spiro atoms. The van der Waals surface area contributed by atoms with Crippen molar-refractivity contribution in [3.63, 3.8) is 0 Å². The van der Waals surface area contributed by atoms with Gasteiger partial charge in [0.1, 0.15) is 0 Å². The van der Waals surface area contributed by atoms with Crippen LogP contribution in [0.25, 0.3) is 0 Å². The van der Waals surface area contributed by atoms with Crippen LogP contribution in [0.3, 0.4) is 0 Å². The molecule has 1 atom stereocenters. The molecule has 0 N–H and O–H groups in total. The van der Waals surface area contributed by atoms with E-state index >= 15 is 0 Å². The highest BCUT2D eigenvalue weighted by molar-refractivity contribution is 7.87. The van der Waals surface area contributed by atoms with Crippen LogP contribution in [0.5, 0.6) is 0 Å². The topological polar surface area (TPSA) is 40.9 Å². The summed E-state index contributed by atoms with van der Waals surface area (Å²) in [6.45, 7) is 1.93. The van der Waals surface area contributed by atoms with Crippen molar-refractivity contribution in [1.82, 2.24) is 0 Å². The lowest BCUT2D eigenvalue weighted by Crippen LogP contribution is -1.90. The molecular formula is C10H13NOS. The Morgan fingerprint density at radius 1 is 1.31 bits per heavy atom. The molecule has 0 amide bonds. The number of allylic oxidation sites excluding steroid dienone is 5. The monoisotopic (exact) mass is 195 g/mol. The third-order valence-electron chi connectivity index (χ3n) is 1.17. The van der Waals surface area contributed by atoms with Gasteiger partial charge < -0.3 is 0 Å². The van der Waals surface area contributed by atoms with Crippen LogP contribution in [-0.2, 0) is 10.8 Å². The van der Waals surface area contributed by atoms with Gasteiger partial charge in [-0.2, -0.15) is 5.26 Å². The van der Waals surface area contributed by atoms with Gasteiger partial charge in [0, 0.05) is 28.4 Å². The van der Waals surface area contributed by atoms with Gasteiger partial charge in [-0.3, -0.25) is 4.21 Å². The number of hydrogen-bond donors (Lipinski definition) is 0. The first-order chi connectivity index (χ1) is 6.31. The predicted octanol–water partition coefficient (Wildman–Crippen LogP) is 2.29. The molecule has 0 saturated carbocycles. The number of nitriles is 1. The largest absolute Gasteiger partial charge is 0.255 e. The molecule has 0 aromatic heterocycles. The fraction of sp³-hybridized carbons (Fsp3) is 0.300. The quantitative estimate of drug-likeness (QED) is 0.631. The van der Waals surface area contributed by atoms with Gasteiger partial charge >= 0.3 is 0 Å². The number of nitrogens with zero attached hydrogens (tertiary/aromatic N) is 1. The van der Waals surface area contributed by atoms with Crippen LogP contribution in [0.15, 0.2) is 35.8 Å². The van der Waals surface area contributed by atoms with Gasteiger partial charge in [-0.25, -0.2) is 0 Å². The van der Waals surface area contributed by atoms with Crippen molar-refractivity contribution >= 4 is 10.8 Å². The second-order valence-corrected chi connectivity index (χ2v) is 3.67. The van der Waals surface area contributed by atoms with Crippen molar-refractivity contribution in [2.75, 3.05) is 5.75 Å². The highest BCUT2D eigenvalue weighted by Gasteiger charge is 1.90. The molecule has 0 saturated heterocycles. The molecule has 0 aromatic carbocycles. The molecule has 0 radical (unpaired) electrons. The van der Waals surface area contributed by atoms with E-state index in [0.717, 1.165) is 0 Å². The van der Waals surface area contributed by atoms with E-state index in [-0.39, 0.29) is 0 Å². The van der Waals surface area contributed by atoms with Crippen molar-refractivity contribution in [2.24, 2.45) is 0 Å². The summed E-state index contributed by atoms with van der Waals surface area (Å²) in [5.74, 6) is 0.421. The Bertz CT molecular complexity index is 271. The van der Waals surface area contributed by atoms with E-state index in [0.29, 0.717) is 12.2 Å². The third kappa shape index (κ3) is 8.77. The molecule has 0 rings (SSSR count). The van der Waals surface area contributed by atoms with E-state index in [1.807, 2.05) is 37.3 Å². The minimum atomic E-state index is -1.00. The van der Waals surface area contributed by atoms with Crippen LogP contribution in [0.2, 0.25) is 0 Å².